The van der Waals surface area contributed by atoms with E-state index in [1.807, 2.05) is 13.8 Å². The van der Waals surface area contributed by atoms with Crippen LogP contribution in [0.4, 0.5) is 13.2 Å². The van der Waals surface area contributed by atoms with E-state index in [9.17, 15) is 13.2 Å². The molecular formula is C13H17BrF3NO. The van der Waals surface area contributed by atoms with Crippen LogP contribution in [0.3, 0.4) is 0 Å². The first-order chi connectivity index (χ1) is 8.80. The first-order valence-electron chi connectivity index (χ1n) is 6.03. The Bertz CT molecular complexity index is 407. The van der Waals surface area contributed by atoms with Crippen LogP contribution in [0.15, 0.2) is 22.7 Å². The topological polar surface area (TPSA) is 21.3 Å². The van der Waals surface area contributed by atoms with E-state index in [2.05, 4.69) is 21.2 Å². The molecule has 0 amide bonds. The molecule has 2 nitrogen and oxygen atoms in total. The molecule has 0 spiro atoms. The highest BCUT2D eigenvalue weighted by atomic mass is 79.9. The Morgan fingerprint density at radius 3 is 2.58 bits per heavy atom. The van der Waals surface area contributed by atoms with Gasteiger partial charge in [-0.15, -0.1) is 0 Å². The van der Waals surface area contributed by atoms with E-state index in [0.717, 1.165) is 6.07 Å². The Kier molecular flexibility index (Phi) is 6.13. The van der Waals surface area contributed by atoms with Crippen molar-refractivity contribution in [2.75, 3.05) is 13.2 Å². The molecule has 1 rings (SSSR count). The van der Waals surface area contributed by atoms with Crippen LogP contribution in [0.2, 0.25) is 0 Å². The van der Waals surface area contributed by atoms with Crippen LogP contribution in [0.25, 0.3) is 0 Å². The molecule has 0 unspecified atom stereocenters. The zero-order valence-corrected chi connectivity index (χ0v) is 12.4. The van der Waals surface area contributed by atoms with E-state index in [4.69, 9.17) is 4.74 Å². The lowest BCUT2D eigenvalue weighted by Gasteiger charge is -2.14. The van der Waals surface area contributed by atoms with Crippen LogP contribution in [0, 0.1) is 0 Å². The molecule has 1 aromatic carbocycles. The van der Waals surface area contributed by atoms with Crippen molar-refractivity contribution in [1.82, 2.24) is 5.32 Å². The Morgan fingerprint density at radius 1 is 1.32 bits per heavy atom. The molecule has 0 aliphatic heterocycles. The second kappa shape index (κ2) is 7.14. The molecule has 0 radical (unpaired) electrons. The monoisotopic (exact) mass is 339 g/mol. The fourth-order valence-corrected chi connectivity index (χ4v) is 1.83. The highest BCUT2D eigenvalue weighted by Crippen LogP contribution is 2.37. The zero-order valence-electron chi connectivity index (χ0n) is 10.9. The first-order valence-corrected chi connectivity index (χ1v) is 6.83. The molecule has 0 aliphatic carbocycles. The molecule has 0 heterocycles. The number of alkyl halides is 3. The minimum atomic E-state index is -4.40. The summed E-state index contributed by atoms with van der Waals surface area (Å²) in [7, 11) is 0. The minimum absolute atomic E-state index is 0.133. The zero-order chi connectivity index (χ0) is 14.5. The van der Waals surface area contributed by atoms with Gasteiger partial charge in [0.05, 0.1) is 12.2 Å². The van der Waals surface area contributed by atoms with Gasteiger partial charge in [-0.25, -0.2) is 0 Å². The van der Waals surface area contributed by atoms with Gasteiger partial charge in [0.2, 0.25) is 0 Å². The maximum Gasteiger partial charge on any atom is 0.419 e. The molecule has 0 saturated heterocycles. The standard InChI is InChI=1S/C13H17BrF3NO/c1-9(2)18-6-3-7-19-12-8-10(14)4-5-11(12)13(15,16)17/h4-5,8-9,18H,3,6-7H2,1-2H3. The van der Waals surface area contributed by atoms with Gasteiger partial charge in [0.25, 0.3) is 0 Å². The van der Waals surface area contributed by atoms with Crippen molar-refractivity contribution in [3.8, 4) is 5.75 Å². The largest absolute Gasteiger partial charge is 0.493 e. The lowest BCUT2D eigenvalue weighted by Crippen LogP contribution is -2.25. The average Bonchev–Trinajstić information content (AvgIpc) is 2.26. The summed E-state index contributed by atoms with van der Waals surface area (Å²) in [5.74, 6) is -0.133. The minimum Gasteiger partial charge on any atom is -0.493 e. The van der Waals surface area contributed by atoms with Crippen LogP contribution in [-0.4, -0.2) is 19.2 Å². The summed E-state index contributed by atoms with van der Waals surface area (Å²) >= 11 is 3.15. The van der Waals surface area contributed by atoms with Crippen molar-refractivity contribution in [3.63, 3.8) is 0 Å². The smallest absolute Gasteiger partial charge is 0.419 e. The second-order valence-electron chi connectivity index (χ2n) is 4.45. The van der Waals surface area contributed by atoms with Gasteiger partial charge in [-0.05, 0) is 31.2 Å². The Hall–Kier alpha value is -0.750. The van der Waals surface area contributed by atoms with E-state index in [1.54, 1.807) is 0 Å². The van der Waals surface area contributed by atoms with Gasteiger partial charge in [0.15, 0.2) is 0 Å². The lowest BCUT2D eigenvalue weighted by molar-refractivity contribution is -0.138. The van der Waals surface area contributed by atoms with Gasteiger partial charge < -0.3 is 10.1 Å². The third kappa shape index (κ3) is 5.82. The molecule has 0 atom stereocenters. The number of hydrogen-bond acceptors (Lipinski definition) is 2. The van der Waals surface area contributed by atoms with Crippen molar-refractivity contribution in [3.05, 3.63) is 28.2 Å². The molecule has 0 bridgehead atoms. The molecule has 6 heteroatoms. The van der Waals surface area contributed by atoms with Crippen LogP contribution >= 0.6 is 15.9 Å². The van der Waals surface area contributed by atoms with Gasteiger partial charge in [-0.3, -0.25) is 0 Å². The Morgan fingerprint density at radius 2 is 2.00 bits per heavy atom. The summed E-state index contributed by atoms with van der Waals surface area (Å²) in [5, 5.41) is 3.18. The summed E-state index contributed by atoms with van der Waals surface area (Å²) in [6.45, 7) is 4.99. The highest BCUT2D eigenvalue weighted by molar-refractivity contribution is 9.10. The van der Waals surface area contributed by atoms with Gasteiger partial charge >= 0.3 is 6.18 Å². The fourth-order valence-electron chi connectivity index (χ4n) is 1.49. The Balaban J connectivity index is 2.59. The third-order valence-corrected chi connectivity index (χ3v) is 2.87. The second-order valence-corrected chi connectivity index (χ2v) is 5.36. The lowest BCUT2D eigenvalue weighted by atomic mass is 10.2. The van der Waals surface area contributed by atoms with Crippen molar-refractivity contribution < 1.29 is 17.9 Å². The number of ether oxygens (including phenoxy) is 1. The van der Waals surface area contributed by atoms with Gasteiger partial charge in [0.1, 0.15) is 5.75 Å². The number of halogens is 4. The summed E-state index contributed by atoms with van der Waals surface area (Å²) < 4.78 is 44.1. The first kappa shape index (κ1) is 16.3. The highest BCUT2D eigenvalue weighted by Gasteiger charge is 2.34. The maximum absolute atomic E-state index is 12.8. The molecule has 0 aromatic heterocycles. The van der Waals surface area contributed by atoms with E-state index in [-0.39, 0.29) is 12.4 Å². The number of nitrogens with one attached hydrogen (secondary N) is 1. The molecule has 1 N–H and O–H groups in total. The molecule has 0 fully saturated rings. The molecule has 0 saturated carbocycles. The van der Waals surface area contributed by atoms with E-state index in [1.165, 1.54) is 12.1 Å². The number of benzene rings is 1. The molecule has 19 heavy (non-hydrogen) atoms. The van der Waals surface area contributed by atoms with Crippen molar-refractivity contribution >= 4 is 15.9 Å². The summed E-state index contributed by atoms with van der Waals surface area (Å²) in [4.78, 5) is 0. The molecule has 0 aliphatic rings. The average molecular weight is 340 g/mol. The van der Waals surface area contributed by atoms with Crippen LogP contribution < -0.4 is 10.1 Å². The maximum atomic E-state index is 12.8. The van der Waals surface area contributed by atoms with Gasteiger partial charge in [0, 0.05) is 10.5 Å². The predicted molar refractivity (Wildman–Crippen MR) is 72.4 cm³/mol. The number of hydrogen-bond donors (Lipinski definition) is 1. The third-order valence-electron chi connectivity index (χ3n) is 2.38. The van der Waals surface area contributed by atoms with Gasteiger partial charge in [-0.2, -0.15) is 13.2 Å². The fraction of sp³-hybridized carbons (Fsp3) is 0.538. The molecule has 1 aromatic rings. The summed E-state index contributed by atoms with van der Waals surface area (Å²) in [5.41, 5.74) is -0.743. The van der Waals surface area contributed by atoms with E-state index in [0.29, 0.717) is 23.5 Å². The SMILES string of the molecule is CC(C)NCCCOc1cc(Br)ccc1C(F)(F)F. The van der Waals surface area contributed by atoms with Crippen molar-refractivity contribution in [1.29, 1.82) is 0 Å². The van der Waals surface area contributed by atoms with Crippen LogP contribution in [-0.2, 0) is 6.18 Å². The summed E-state index contributed by atoms with van der Waals surface area (Å²) in [6.07, 6.45) is -3.74. The van der Waals surface area contributed by atoms with Crippen molar-refractivity contribution in [2.24, 2.45) is 0 Å². The van der Waals surface area contributed by atoms with E-state index >= 15 is 0 Å². The van der Waals surface area contributed by atoms with Crippen molar-refractivity contribution in [2.45, 2.75) is 32.5 Å². The quantitative estimate of drug-likeness (QED) is 0.783. The van der Waals surface area contributed by atoms with Crippen LogP contribution in [0.1, 0.15) is 25.8 Å². The van der Waals surface area contributed by atoms with Crippen LogP contribution in [0.5, 0.6) is 5.75 Å². The molecule has 108 valence electrons. The Labute approximate surface area is 119 Å². The number of rotatable bonds is 6. The summed E-state index contributed by atoms with van der Waals surface area (Å²) in [6, 6.07) is 4.08. The van der Waals surface area contributed by atoms with Gasteiger partial charge in [-0.1, -0.05) is 29.8 Å². The molecular weight excluding hydrogens is 323 g/mol. The predicted octanol–water partition coefficient (Wildman–Crippen LogP) is 4.23. The normalized spacial score (nSPS) is 11.9. The van der Waals surface area contributed by atoms with E-state index < -0.39 is 11.7 Å².